The van der Waals surface area contributed by atoms with Crippen molar-refractivity contribution in [2.75, 3.05) is 38.9 Å². The molecule has 0 aliphatic carbocycles. The van der Waals surface area contributed by atoms with E-state index in [-0.39, 0.29) is 24.0 Å². The molecule has 8 heteroatoms. The fourth-order valence-electron chi connectivity index (χ4n) is 2.88. The molecular weight excluding hydrogens is 469 g/mol. The highest BCUT2D eigenvalue weighted by atomic mass is 127. The maximum atomic E-state index is 5.43. The summed E-state index contributed by atoms with van der Waals surface area (Å²) in [6, 6.07) is 10.1. The van der Waals surface area contributed by atoms with E-state index in [4.69, 9.17) is 14.5 Å². The standard InChI is InChI=1S/C20H27N5O2.HI/c1-4-21-20(24-13-16-6-5-10-22-19(16)25(2)3)23-11-9-15-7-8-17-18(12-15)27-14-26-17;/h5-8,10,12H,4,9,11,13-14H2,1-3H3,(H2,21,23,24);1H. The second kappa shape index (κ2) is 10.9. The van der Waals surface area contributed by atoms with Crippen molar-refractivity contribution < 1.29 is 9.47 Å². The minimum atomic E-state index is 0. The molecule has 28 heavy (non-hydrogen) atoms. The number of nitrogens with zero attached hydrogens (tertiary/aromatic N) is 3. The maximum Gasteiger partial charge on any atom is 0.231 e. The second-order valence-corrected chi connectivity index (χ2v) is 6.44. The molecule has 0 amide bonds. The highest BCUT2D eigenvalue weighted by molar-refractivity contribution is 14.0. The first kappa shape index (κ1) is 22.1. The van der Waals surface area contributed by atoms with Gasteiger partial charge in [0.25, 0.3) is 0 Å². The van der Waals surface area contributed by atoms with Gasteiger partial charge in [-0.25, -0.2) is 9.98 Å². The topological polar surface area (TPSA) is 71.0 Å². The highest BCUT2D eigenvalue weighted by Gasteiger charge is 2.13. The van der Waals surface area contributed by atoms with E-state index in [0.29, 0.717) is 13.3 Å². The predicted molar refractivity (Wildman–Crippen MR) is 123 cm³/mol. The lowest BCUT2D eigenvalue weighted by Crippen LogP contribution is -2.38. The summed E-state index contributed by atoms with van der Waals surface area (Å²) in [6.45, 7) is 4.52. The summed E-state index contributed by atoms with van der Waals surface area (Å²) in [5.41, 5.74) is 2.29. The van der Waals surface area contributed by atoms with E-state index in [2.05, 4.69) is 34.7 Å². The Kier molecular flexibility index (Phi) is 8.62. The third-order valence-corrected chi connectivity index (χ3v) is 4.19. The van der Waals surface area contributed by atoms with Crippen LogP contribution in [0, 0.1) is 0 Å². The largest absolute Gasteiger partial charge is 0.454 e. The van der Waals surface area contributed by atoms with E-state index in [1.54, 1.807) is 6.20 Å². The van der Waals surface area contributed by atoms with Crippen molar-refractivity contribution in [2.45, 2.75) is 19.9 Å². The average molecular weight is 497 g/mol. The molecule has 3 rings (SSSR count). The summed E-state index contributed by atoms with van der Waals surface area (Å²) in [5.74, 6) is 3.37. The van der Waals surface area contributed by atoms with Gasteiger partial charge in [0.05, 0.1) is 6.54 Å². The van der Waals surface area contributed by atoms with Gasteiger partial charge in [0.2, 0.25) is 6.79 Å². The molecule has 0 atom stereocenters. The Balaban J connectivity index is 0.00000280. The molecule has 0 saturated heterocycles. The van der Waals surface area contributed by atoms with Crippen LogP contribution in [0.3, 0.4) is 0 Å². The van der Waals surface area contributed by atoms with Gasteiger partial charge in [-0.05, 0) is 37.1 Å². The molecule has 1 aromatic heterocycles. The summed E-state index contributed by atoms with van der Waals surface area (Å²) in [4.78, 5) is 11.1. The van der Waals surface area contributed by atoms with Gasteiger partial charge in [0.1, 0.15) is 5.82 Å². The molecule has 0 unspecified atom stereocenters. The molecule has 2 aromatic rings. The van der Waals surface area contributed by atoms with Gasteiger partial charge < -0.3 is 25.0 Å². The number of halogens is 1. The van der Waals surface area contributed by atoms with Gasteiger partial charge in [0, 0.05) is 38.9 Å². The summed E-state index contributed by atoms with van der Waals surface area (Å²) in [6.07, 6.45) is 2.67. The van der Waals surface area contributed by atoms with Crippen molar-refractivity contribution >= 4 is 35.8 Å². The molecule has 0 spiro atoms. The molecule has 7 nitrogen and oxygen atoms in total. The van der Waals surface area contributed by atoms with E-state index in [0.717, 1.165) is 48.4 Å². The number of fused-ring (bicyclic) bond motifs is 1. The van der Waals surface area contributed by atoms with Crippen LogP contribution in [0.5, 0.6) is 11.5 Å². The zero-order valence-electron chi connectivity index (χ0n) is 16.6. The third-order valence-electron chi connectivity index (χ3n) is 4.19. The minimum absolute atomic E-state index is 0. The predicted octanol–water partition coefficient (Wildman–Crippen LogP) is 2.79. The van der Waals surface area contributed by atoms with E-state index < -0.39 is 0 Å². The molecule has 0 radical (unpaired) electrons. The molecule has 0 bridgehead atoms. The van der Waals surface area contributed by atoms with Crippen LogP contribution in [0.4, 0.5) is 5.82 Å². The lowest BCUT2D eigenvalue weighted by molar-refractivity contribution is 0.174. The van der Waals surface area contributed by atoms with Crippen molar-refractivity contribution in [3.05, 3.63) is 47.7 Å². The zero-order valence-corrected chi connectivity index (χ0v) is 18.9. The number of ether oxygens (including phenoxy) is 2. The summed E-state index contributed by atoms with van der Waals surface area (Å²) >= 11 is 0. The number of anilines is 1. The maximum absolute atomic E-state index is 5.43. The van der Waals surface area contributed by atoms with Crippen LogP contribution in [0.1, 0.15) is 18.1 Å². The monoisotopic (exact) mass is 497 g/mol. The third kappa shape index (κ3) is 5.88. The van der Waals surface area contributed by atoms with Crippen molar-refractivity contribution in [3.63, 3.8) is 0 Å². The van der Waals surface area contributed by atoms with E-state index in [1.807, 2.05) is 37.2 Å². The molecule has 152 valence electrons. The fraction of sp³-hybridized carbons (Fsp3) is 0.400. The quantitative estimate of drug-likeness (QED) is 0.349. The molecular formula is C20H28IN5O2. The van der Waals surface area contributed by atoms with Gasteiger partial charge >= 0.3 is 0 Å². The van der Waals surface area contributed by atoms with Crippen LogP contribution >= 0.6 is 24.0 Å². The van der Waals surface area contributed by atoms with Gasteiger partial charge in [-0.15, -0.1) is 24.0 Å². The smallest absolute Gasteiger partial charge is 0.231 e. The highest BCUT2D eigenvalue weighted by Crippen LogP contribution is 2.32. The van der Waals surface area contributed by atoms with E-state index in [9.17, 15) is 0 Å². The molecule has 0 saturated carbocycles. The molecule has 2 heterocycles. The van der Waals surface area contributed by atoms with Gasteiger partial charge in [0.15, 0.2) is 17.5 Å². The van der Waals surface area contributed by atoms with Crippen molar-refractivity contribution in [1.29, 1.82) is 0 Å². The Morgan fingerprint density at radius 3 is 2.79 bits per heavy atom. The molecule has 1 aliphatic rings. The zero-order chi connectivity index (χ0) is 19.1. The number of aromatic nitrogens is 1. The van der Waals surface area contributed by atoms with Crippen molar-refractivity contribution in [2.24, 2.45) is 4.99 Å². The Morgan fingerprint density at radius 1 is 1.18 bits per heavy atom. The van der Waals surface area contributed by atoms with Crippen molar-refractivity contribution in [1.82, 2.24) is 15.6 Å². The van der Waals surface area contributed by atoms with E-state index in [1.165, 1.54) is 5.56 Å². The number of pyridine rings is 1. The number of rotatable bonds is 7. The summed E-state index contributed by atoms with van der Waals surface area (Å²) in [5, 5.41) is 6.68. The lowest BCUT2D eigenvalue weighted by Gasteiger charge is -2.15. The number of benzene rings is 1. The SMILES string of the molecule is CCNC(=NCc1cccnc1N(C)C)NCCc1ccc2c(c1)OCO2.I. The Labute approximate surface area is 183 Å². The minimum Gasteiger partial charge on any atom is -0.454 e. The van der Waals surface area contributed by atoms with E-state index >= 15 is 0 Å². The molecule has 1 aromatic carbocycles. The molecule has 0 fully saturated rings. The van der Waals surface area contributed by atoms with Crippen LogP contribution in [0.25, 0.3) is 0 Å². The first-order chi connectivity index (χ1) is 13.2. The van der Waals surface area contributed by atoms with Crippen LogP contribution in [-0.4, -0.2) is 44.9 Å². The fourth-order valence-corrected chi connectivity index (χ4v) is 2.88. The van der Waals surface area contributed by atoms with Gasteiger partial charge in [-0.1, -0.05) is 12.1 Å². The van der Waals surface area contributed by atoms with Crippen LogP contribution in [0.2, 0.25) is 0 Å². The van der Waals surface area contributed by atoms with Crippen LogP contribution in [0.15, 0.2) is 41.5 Å². The first-order valence-corrected chi connectivity index (χ1v) is 9.19. The van der Waals surface area contributed by atoms with Crippen LogP contribution in [-0.2, 0) is 13.0 Å². The van der Waals surface area contributed by atoms with Gasteiger partial charge in [-0.2, -0.15) is 0 Å². The number of hydrogen-bond acceptors (Lipinski definition) is 5. The molecule has 1 aliphatic heterocycles. The first-order valence-electron chi connectivity index (χ1n) is 9.19. The normalized spacial score (nSPS) is 12.3. The number of hydrogen-bond donors (Lipinski definition) is 2. The van der Waals surface area contributed by atoms with Gasteiger partial charge in [-0.3, -0.25) is 0 Å². The molecule has 2 N–H and O–H groups in total. The summed E-state index contributed by atoms with van der Waals surface area (Å²) in [7, 11) is 3.98. The van der Waals surface area contributed by atoms with Crippen molar-refractivity contribution in [3.8, 4) is 11.5 Å². The second-order valence-electron chi connectivity index (χ2n) is 6.44. The van der Waals surface area contributed by atoms with Crippen LogP contribution < -0.4 is 25.0 Å². The summed E-state index contributed by atoms with van der Waals surface area (Å²) < 4.78 is 10.8. The number of nitrogens with one attached hydrogen (secondary N) is 2. The Hall–Kier alpha value is -2.23. The Bertz CT molecular complexity index is 798. The number of aliphatic imine (C=N–C) groups is 1. The lowest BCUT2D eigenvalue weighted by atomic mass is 10.1. The Morgan fingerprint density at radius 2 is 2.00 bits per heavy atom. The average Bonchev–Trinajstić information content (AvgIpc) is 3.14. The number of guanidine groups is 1.